The molecule has 4 rings (SSSR count). The fourth-order valence-corrected chi connectivity index (χ4v) is 3.75. The Labute approximate surface area is 147 Å². The Balaban J connectivity index is 2.06. The molecule has 0 saturated heterocycles. The van der Waals surface area contributed by atoms with Crippen molar-refractivity contribution in [1.29, 1.82) is 0 Å². The second-order valence-corrected chi connectivity index (χ2v) is 6.52. The van der Waals surface area contributed by atoms with E-state index in [1.54, 1.807) is 0 Å². The van der Waals surface area contributed by atoms with Crippen molar-refractivity contribution in [1.82, 2.24) is 0 Å². The van der Waals surface area contributed by atoms with Crippen molar-refractivity contribution in [2.24, 2.45) is 0 Å². The van der Waals surface area contributed by atoms with Crippen molar-refractivity contribution >= 4 is 21.5 Å². The molecule has 0 aliphatic rings. The first-order valence-electron chi connectivity index (χ1n) is 8.47. The molecule has 0 spiro atoms. The Morgan fingerprint density at radius 3 is 1.52 bits per heavy atom. The average Bonchev–Trinajstić information content (AvgIpc) is 2.65. The molecule has 1 N–H and O–H groups in total. The van der Waals surface area contributed by atoms with Crippen LogP contribution in [0.3, 0.4) is 0 Å². The number of benzene rings is 4. The lowest BCUT2D eigenvalue weighted by Gasteiger charge is -2.22. The number of rotatable bonds is 3. The van der Waals surface area contributed by atoms with Crippen molar-refractivity contribution in [3.63, 3.8) is 0 Å². The van der Waals surface area contributed by atoms with E-state index in [2.05, 4.69) is 62.4 Å². The van der Waals surface area contributed by atoms with E-state index in [1.165, 1.54) is 0 Å². The van der Waals surface area contributed by atoms with Gasteiger partial charge in [0.05, 0.1) is 0 Å². The van der Waals surface area contributed by atoms with Gasteiger partial charge in [-0.2, -0.15) is 0 Å². The van der Waals surface area contributed by atoms with Crippen LogP contribution in [-0.2, 0) is 4.89 Å². The molecule has 0 fully saturated rings. The molecule has 2 heteroatoms. The summed E-state index contributed by atoms with van der Waals surface area (Å²) in [6.07, 6.45) is -0.530. The van der Waals surface area contributed by atoms with Crippen LogP contribution in [0.15, 0.2) is 72.8 Å². The Bertz CT molecular complexity index is 981. The average molecular weight is 328 g/mol. The number of aryl methyl sites for hydroxylation is 2. The van der Waals surface area contributed by atoms with Gasteiger partial charge < -0.3 is 0 Å². The molecule has 0 radical (unpaired) electrons. The number of fused-ring (bicyclic) bond motifs is 2. The standard InChI is InChI=1S/C23H20O2/c1-15-11-13-17-7-3-5-9-19(17)21(15)23(25-24)22-16(2)12-14-18-8-4-6-10-20(18)22/h3-14,23-24H,1-2H3. The van der Waals surface area contributed by atoms with Crippen LogP contribution in [0.4, 0.5) is 0 Å². The minimum atomic E-state index is -0.530. The Kier molecular flexibility index (Phi) is 4.00. The molecule has 0 amide bonds. The lowest BCUT2D eigenvalue weighted by Crippen LogP contribution is -2.09. The molecule has 124 valence electrons. The predicted octanol–water partition coefficient (Wildman–Crippen LogP) is 6.19. The van der Waals surface area contributed by atoms with Gasteiger partial charge in [-0.15, -0.1) is 0 Å². The highest BCUT2D eigenvalue weighted by Gasteiger charge is 2.23. The molecule has 4 aromatic rings. The normalized spacial score (nSPS) is 11.5. The van der Waals surface area contributed by atoms with E-state index in [1.807, 2.05) is 24.3 Å². The van der Waals surface area contributed by atoms with Crippen LogP contribution in [0.2, 0.25) is 0 Å². The van der Waals surface area contributed by atoms with E-state index in [-0.39, 0.29) is 0 Å². The maximum absolute atomic E-state index is 9.90. The van der Waals surface area contributed by atoms with Gasteiger partial charge in [0, 0.05) is 0 Å². The van der Waals surface area contributed by atoms with Crippen molar-refractivity contribution in [2.45, 2.75) is 20.0 Å². The zero-order chi connectivity index (χ0) is 17.4. The predicted molar refractivity (Wildman–Crippen MR) is 103 cm³/mol. The quantitative estimate of drug-likeness (QED) is 0.359. The summed E-state index contributed by atoms with van der Waals surface area (Å²) in [5.41, 5.74) is 4.23. The summed E-state index contributed by atoms with van der Waals surface area (Å²) in [7, 11) is 0. The summed E-state index contributed by atoms with van der Waals surface area (Å²) in [5.74, 6) is 0. The van der Waals surface area contributed by atoms with Crippen molar-refractivity contribution in [3.8, 4) is 0 Å². The zero-order valence-electron chi connectivity index (χ0n) is 14.4. The van der Waals surface area contributed by atoms with E-state index < -0.39 is 6.10 Å². The maximum Gasteiger partial charge on any atom is 0.144 e. The van der Waals surface area contributed by atoms with Crippen LogP contribution in [0.1, 0.15) is 28.4 Å². The monoisotopic (exact) mass is 328 g/mol. The molecule has 4 aromatic carbocycles. The summed E-state index contributed by atoms with van der Waals surface area (Å²) >= 11 is 0. The van der Waals surface area contributed by atoms with Gasteiger partial charge in [-0.25, -0.2) is 4.89 Å². The maximum atomic E-state index is 9.90. The summed E-state index contributed by atoms with van der Waals surface area (Å²) in [4.78, 5) is 5.10. The first-order chi connectivity index (χ1) is 12.2. The van der Waals surface area contributed by atoms with E-state index >= 15 is 0 Å². The van der Waals surface area contributed by atoms with Crippen molar-refractivity contribution in [2.75, 3.05) is 0 Å². The third kappa shape index (κ3) is 2.60. The van der Waals surface area contributed by atoms with Gasteiger partial charge in [-0.05, 0) is 57.6 Å². The van der Waals surface area contributed by atoms with Gasteiger partial charge in [-0.1, -0.05) is 72.8 Å². The van der Waals surface area contributed by atoms with Gasteiger partial charge in [0.2, 0.25) is 0 Å². The highest BCUT2D eigenvalue weighted by atomic mass is 17.1. The molecule has 2 nitrogen and oxygen atoms in total. The Hall–Kier alpha value is -2.68. The van der Waals surface area contributed by atoms with Gasteiger partial charge in [0.15, 0.2) is 0 Å². The zero-order valence-corrected chi connectivity index (χ0v) is 14.4. The van der Waals surface area contributed by atoms with Crippen LogP contribution in [-0.4, -0.2) is 5.26 Å². The molecule has 0 saturated carbocycles. The van der Waals surface area contributed by atoms with Gasteiger partial charge in [0.1, 0.15) is 6.10 Å². The minimum absolute atomic E-state index is 0.530. The largest absolute Gasteiger partial charge is 0.251 e. The fourth-order valence-electron chi connectivity index (χ4n) is 3.75. The summed E-state index contributed by atoms with van der Waals surface area (Å²) in [6.45, 7) is 4.13. The molecular weight excluding hydrogens is 308 g/mol. The third-order valence-corrected chi connectivity index (χ3v) is 5.01. The molecule has 25 heavy (non-hydrogen) atoms. The molecule has 0 unspecified atom stereocenters. The minimum Gasteiger partial charge on any atom is -0.251 e. The molecule has 0 aliphatic carbocycles. The summed E-state index contributed by atoms with van der Waals surface area (Å²) < 4.78 is 0. The number of hydrogen-bond acceptors (Lipinski definition) is 2. The first-order valence-corrected chi connectivity index (χ1v) is 8.47. The summed E-state index contributed by atoms with van der Waals surface area (Å²) in [6, 6.07) is 24.8. The van der Waals surface area contributed by atoms with Crippen LogP contribution in [0.25, 0.3) is 21.5 Å². The van der Waals surface area contributed by atoms with Crippen LogP contribution < -0.4 is 0 Å². The number of hydrogen-bond donors (Lipinski definition) is 1. The highest BCUT2D eigenvalue weighted by Crippen LogP contribution is 2.38. The lowest BCUT2D eigenvalue weighted by molar-refractivity contribution is -0.270. The van der Waals surface area contributed by atoms with Crippen LogP contribution in [0, 0.1) is 13.8 Å². The molecule has 0 aromatic heterocycles. The first kappa shape index (κ1) is 15.8. The lowest BCUT2D eigenvalue weighted by atomic mass is 9.87. The Morgan fingerprint density at radius 2 is 1.08 bits per heavy atom. The second-order valence-electron chi connectivity index (χ2n) is 6.52. The molecule has 0 aliphatic heterocycles. The second kappa shape index (κ2) is 6.32. The van der Waals surface area contributed by atoms with Gasteiger partial charge in [-0.3, -0.25) is 5.26 Å². The van der Waals surface area contributed by atoms with Crippen molar-refractivity contribution in [3.05, 3.63) is 95.1 Å². The smallest absolute Gasteiger partial charge is 0.144 e. The van der Waals surface area contributed by atoms with Crippen LogP contribution >= 0.6 is 0 Å². The van der Waals surface area contributed by atoms with Gasteiger partial charge >= 0.3 is 0 Å². The van der Waals surface area contributed by atoms with Crippen LogP contribution in [0.5, 0.6) is 0 Å². The fraction of sp³-hybridized carbons (Fsp3) is 0.130. The molecular formula is C23H20O2. The molecule has 0 heterocycles. The van der Waals surface area contributed by atoms with Gasteiger partial charge in [0.25, 0.3) is 0 Å². The molecule has 0 bridgehead atoms. The van der Waals surface area contributed by atoms with E-state index in [4.69, 9.17) is 4.89 Å². The van der Waals surface area contributed by atoms with E-state index in [0.717, 1.165) is 43.8 Å². The molecule has 0 atom stereocenters. The van der Waals surface area contributed by atoms with Crippen molar-refractivity contribution < 1.29 is 10.1 Å². The topological polar surface area (TPSA) is 29.5 Å². The SMILES string of the molecule is Cc1ccc2ccccc2c1C(OO)c1c(C)ccc2ccccc12. The highest BCUT2D eigenvalue weighted by molar-refractivity contribution is 5.91. The third-order valence-electron chi connectivity index (χ3n) is 5.01. The van der Waals surface area contributed by atoms with E-state index in [9.17, 15) is 5.26 Å². The van der Waals surface area contributed by atoms with E-state index in [0.29, 0.717) is 0 Å². The summed E-state index contributed by atoms with van der Waals surface area (Å²) in [5, 5.41) is 14.4. The Morgan fingerprint density at radius 1 is 0.640 bits per heavy atom.